The van der Waals surface area contributed by atoms with E-state index in [1.807, 2.05) is 0 Å². The maximum Gasteiger partial charge on any atom is 0.441 e. The minimum Gasteiger partial charge on any atom is -0.384 e. The molecule has 92 valence electrons. The van der Waals surface area contributed by atoms with E-state index in [2.05, 4.69) is 5.32 Å². The predicted octanol–water partition coefficient (Wildman–Crippen LogP) is 3.36. The molecular formula is C10H8F4N2S. The predicted molar refractivity (Wildman–Crippen MR) is 58.1 cm³/mol. The molecule has 0 aromatic heterocycles. The molecule has 0 unspecified atom stereocenters. The highest BCUT2D eigenvalue weighted by atomic mass is 32.2. The lowest BCUT2D eigenvalue weighted by Crippen LogP contribution is -2.09. The summed E-state index contributed by atoms with van der Waals surface area (Å²) in [6.45, 7) is 0.0402. The number of benzene rings is 1. The summed E-state index contributed by atoms with van der Waals surface area (Å²) in [6, 6.07) is 5.31. The maximum atomic E-state index is 12.9. The summed E-state index contributed by atoms with van der Waals surface area (Å²) >= 11 is -0.154. The molecule has 0 fully saturated rings. The number of nitriles is 1. The minimum absolute atomic E-state index is 0.0402. The van der Waals surface area contributed by atoms with E-state index in [0.29, 0.717) is 5.69 Å². The second-order valence-corrected chi connectivity index (χ2v) is 4.22. The number of alkyl halides is 3. The number of hydrogen-bond acceptors (Lipinski definition) is 3. The van der Waals surface area contributed by atoms with Gasteiger partial charge in [-0.1, -0.05) is 0 Å². The van der Waals surface area contributed by atoms with Gasteiger partial charge in [0.2, 0.25) is 0 Å². The van der Waals surface area contributed by atoms with Gasteiger partial charge in [-0.2, -0.15) is 18.4 Å². The fourth-order valence-electron chi connectivity index (χ4n) is 1.12. The summed E-state index contributed by atoms with van der Waals surface area (Å²) in [5, 5.41) is 11.2. The maximum absolute atomic E-state index is 12.9. The van der Waals surface area contributed by atoms with Gasteiger partial charge in [0, 0.05) is 18.0 Å². The lowest BCUT2D eigenvalue weighted by atomic mass is 10.2. The Morgan fingerprint density at radius 2 is 2.00 bits per heavy atom. The van der Waals surface area contributed by atoms with Crippen LogP contribution in [0.4, 0.5) is 23.2 Å². The quantitative estimate of drug-likeness (QED) is 0.669. The zero-order chi connectivity index (χ0) is 12.9. The van der Waals surface area contributed by atoms with Crippen molar-refractivity contribution in [3.8, 4) is 6.07 Å². The Balaban J connectivity index is 2.47. The Morgan fingerprint density at radius 3 is 2.59 bits per heavy atom. The van der Waals surface area contributed by atoms with Gasteiger partial charge in [0.25, 0.3) is 0 Å². The first-order valence-corrected chi connectivity index (χ1v) is 5.54. The van der Waals surface area contributed by atoms with E-state index in [-0.39, 0.29) is 29.6 Å². The molecule has 2 nitrogen and oxygen atoms in total. The second-order valence-electron chi connectivity index (χ2n) is 3.06. The van der Waals surface area contributed by atoms with E-state index in [0.717, 1.165) is 12.1 Å². The topological polar surface area (TPSA) is 35.8 Å². The van der Waals surface area contributed by atoms with Crippen LogP contribution in [0.25, 0.3) is 0 Å². The molecule has 0 aliphatic heterocycles. The Labute approximate surface area is 99.6 Å². The number of anilines is 1. The largest absolute Gasteiger partial charge is 0.441 e. The smallest absolute Gasteiger partial charge is 0.384 e. The van der Waals surface area contributed by atoms with E-state index in [9.17, 15) is 17.6 Å². The van der Waals surface area contributed by atoms with Crippen LogP contribution in [0.3, 0.4) is 0 Å². The Hall–Kier alpha value is -1.42. The van der Waals surface area contributed by atoms with E-state index < -0.39 is 11.3 Å². The molecule has 0 aliphatic rings. The lowest BCUT2D eigenvalue weighted by molar-refractivity contribution is -0.0327. The highest BCUT2D eigenvalue weighted by molar-refractivity contribution is 8.00. The van der Waals surface area contributed by atoms with E-state index in [4.69, 9.17) is 5.26 Å². The summed E-state index contributed by atoms with van der Waals surface area (Å²) in [7, 11) is 0. The molecule has 0 atom stereocenters. The number of rotatable bonds is 4. The molecule has 1 N–H and O–H groups in total. The third-order valence-electron chi connectivity index (χ3n) is 1.72. The standard InChI is InChI=1S/C10H8F4N2S/c11-8-3-7(6-15)4-9(5-8)16-1-2-17-10(12,13)14/h3-5,16H,1-2H2. The van der Waals surface area contributed by atoms with Gasteiger partial charge in [-0.25, -0.2) is 4.39 Å². The van der Waals surface area contributed by atoms with Crippen LogP contribution >= 0.6 is 11.8 Å². The molecular weight excluding hydrogens is 256 g/mol. The molecule has 0 heterocycles. The highest BCUT2D eigenvalue weighted by Crippen LogP contribution is 2.29. The van der Waals surface area contributed by atoms with E-state index in [1.54, 1.807) is 6.07 Å². The Morgan fingerprint density at radius 1 is 1.29 bits per heavy atom. The third-order valence-corrected chi connectivity index (χ3v) is 2.46. The first kappa shape index (κ1) is 13.6. The first-order valence-electron chi connectivity index (χ1n) is 4.56. The van der Waals surface area contributed by atoms with Crippen molar-refractivity contribution in [3.05, 3.63) is 29.6 Å². The average Bonchev–Trinajstić information content (AvgIpc) is 2.22. The summed E-state index contributed by atoms with van der Waals surface area (Å²) in [6.07, 6.45) is 0. The number of halogens is 4. The summed E-state index contributed by atoms with van der Waals surface area (Å²) < 4.78 is 48.3. The van der Waals surface area contributed by atoms with Crippen molar-refractivity contribution in [2.75, 3.05) is 17.6 Å². The van der Waals surface area contributed by atoms with Crippen LogP contribution in [0, 0.1) is 17.1 Å². The van der Waals surface area contributed by atoms with Gasteiger partial charge < -0.3 is 5.32 Å². The molecule has 0 bridgehead atoms. The Kier molecular flexibility index (Phi) is 4.63. The number of nitrogens with zero attached hydrogens (tertiary/aromatic N) is 1. The molecule has 1 rings (SSSR count). The molecule has 1 aromatic carbocycles. The zero-order valence-corrected chi connectivity index (χ0v) is 9.33. The number of hydrogen-bond donors (Lipinski definition) is 1. The van der Waals surface area contributed by atoms with Crippen LogP contribution in [-0.4, -0.2) is 17.8 Å². The van der Waals surface area contributed by atoms with Crippen molar-refractivity contribution in [1.29, 1.82) is 5.26 Å². The minimum atomic E-state index is -4.26. The van der Waals surface area contributed by atoms with Crippen molar-refractivity contribution in [1.82, 2.24) is 0 Å². The normalized spacial score (nSPS) is 11.0. The monoisotopic (exact) mass is 264 g/mol. The van der Waals surface area contributed by atoms with Gasteiger partial charge in [-0.15, -0.1) is 0 Å². The van der Waals surface area contributed by atoms with Gasteiger partial charge in [-0.3, -0.25) is 0 Å². The highest BCUT2D eigenvalue weighted by Gasteiger charge is 2.27. The van der Waals surface area contributed by atoms with Crippen molar-refractivity contribution in [3.63, 3.8) is 0 Å². The average molecular weight is 264 g/mol. The van der Waals surface area contributed by atoms with Gasteiger partial charge in [0.05, 0.1) is 11.6 Å². The molecule has 0 saturated carbocycles. The lowest BCUT2D eigenvalue weighted by Gasteiger charge is -2.08. The summed E-state index contributed by atoms with van der Waals surface area (Å²) in [5.41, 5.74) is -3.85. The van der Waals surface area contributed by atoms with Crippen molar-refractivity contribution in [2.45, 2.75) is 5.51 Å². The number of nitrogens with one attached hydrogen (secondary N) is 1. The molecule has 17 heavy (non-hydrogen) atoms. The molecule has 1 aromatic rings. The summed E-state index contributed by atoms with van der Waals surface area (Å²) in [5.74, 6) is -0.780. The van der Waals surface area contributed by atoms with Gasteiger partial charge in [0.1, 0.15) is 5.82 Å². The van der Waals surface area contributed by atoms with Crippen LogP contribution in [0.1, 0.15) is 5.56 Å². The van der Waals surface area contributed by atoms with E-state index in [1.165, 1.54) is 6.07 Å². The van der Waals surface area contributed by atoms with Crippen molar-refractivity contribution >= 4 is 17.4 Å². The third kappa shape index (κ3) is 5.45. The van der Waals surface area contributed by atoms with Crippen LogP contribution in [-0.2, 0) is 0 Å². The van der Waals surface area contributed by atoms with Gasteiger partial charge in [0.15, 0.2) is 0 Å². The van der Waals surface area contributed by atoms with Crippen LogP contribution in [0.15, 0.2) is 18.2 Å². The molecule has 0 spiro atoms. The van der Waals surface area contributed by atoms with Gasteiger partial charge in [-0.05, 0) is 30.0 Å². The van der Waals surface area contributed by atoms with E-state index >= 15 is 0 Å². The molecule has 7 heteroatoms. The van der Waals surface area contributed by atoms with Crippen LogP contribution in [0.5, 0.6) is 0 Å². The SMILES string of the molecule is N#Cc1cc(F)cc(NCCSC(F)(F)F)c1. The molecule has 0 saturated heterocycles. The fourth-order valence-corrected chi connectivity index (χ4v) is 1.55. The summed E-state index contributed by atoms with van der Waals surface area (Å²) in [4.78, 5) is 0. The van der Waals surface area contributed by atoms with Crippen LogP contribution in [0.2, 0.25) is 0 Å². The van der Waals surface area contributed by atoms with Crippen molar-refractivity contribution in [2.24, 2.45) is 0 Å². The Bertz CT molecular complexity index is 425. The van der Waals surface area contributed by atoms with Gasteiger partial charge >= 0.3 is 5.51 Å². The first-order chi connectivity index (χ1) is 7.90. The molecule has 0 amide bonds. The fraction of sp³-hybridized carbons (Fsp3) is 0.300. The number of thioether (sulfide) groups is 1. The second kappa shape index (κ2) is 5.77. The van der Waals surface area contributed by atoms with Crippen molar-refractivity contribution < 1.29 is 17.6 Å². The molecule has 0 radical (unpaired) electrons. The zero-order valence-electron chi connectivity index (χ0n) is 8.51. The molecule has 0 aliphatic carbocycles. The van der Waals surface area contributed by atoms with Crippen LogP contribution < -0.4 is 5.32 Å².